The third kappa shape index (κ3) is 43.6. The van der Waals surface area contributed by atoms with E-state index < -0.39 is 0 Å². The summed E-state index contributed by atoms with van der Waals surface area (Å²) < 4.78 is 0. The zero-order chi connectivity index (χ0) is 7.70. The quantitative estimate of drug-likeness (QED) is 0.538. The zero-order valence-electron chi connectivity index (χ0n) is 7.70. The molecule has 0 saturated heterocycles. The van der Waals surface area contributed by atoms with E-state index in [1.54, 1.807) is 0 Å². The van der Waals surface area contributed by atoms with Crippen LogP contribution in [0.25, 0.3) is 0 Å². The molecule has 0 radical (unpaired) electrons. The lowest BCUT2D eigenvalue weighted by Crippen LogP contribution is -1.81. The second-order valence-corrected chi connectivity index (χ2v) is 2.89. The summed E-state index contributed by atoms with van der Waals surface area (Å²) in [6, 6.07) is 0. The van der Waals surface area contributed by atoms with Crippen molar-refractivity contribution in [2.24, 2.45) is 5.92 Å². The molecule has 0 unspecified atom stereocenters. The van der Waals surface area contributed by atoms with Gasteiger partial charge in [-0.2, -0.15) is 0 Å². The van der Waals surface area contributed by atoms with Gasteiger partial charge in [-0.25, -0.2) is 0 Å². The van der Waals surface area contributed by atoms with E-state index in [1.807, 2.05) is 0 Å². The van der Waals surface area contributed by atoms with Crippen molar-refractivity contribution in [2.45, 2.75) is 61.3 Å². The Labute approximate surface area is 68.0 Å². The number of hydrogen-bond acceptors (Lipinski definition) is 0. The van der Waals surface area contributed by atoms with Crippen LogP contribution in [0.2, 0.25) is 0 Å². The van der Waals surface area contributed by atoms with E-state index in [0.717, 1.165) is 5.92 Å². The minimum Gasteiger partial charge on any atom is -0.0776 e. The number of rotatable bonds is 2. The Balaban J connectivity index is -0.000000107. The predicted octanol–water partition coefficient (Wildman–Crippen LogP) is 4.49. The van der Waals surface area contributed by atoms with Crippen molar-refractivity contribution < 1.29 is 0 Å². The van der Waals surface area contributed by atoms with Crippen LogP contribution in [0, 0.1) is 5.92 Å². The predicted molar refractivity (Wildman–Crippen MR) is 52.4 cm³/mol. The molecule has 0 aromatic heterocycles. The van der Waals surface area contributed by atoms with Gasteiger partial charge in [-0.3, -0.25) is 0 Å². The van der Waals surface area contributed by atoms with Crippen molar-refractivity contribution in [2.75, 3.05) is 0 Å². The van der Waals surface area contributed by atoms with Crippen molar-refractivity contribution >= 4 is 0 Å². The monoisotopic (exact) mass is 146 g/mol. The highest BCUT2D eigenvalue weighted by Crippen LogP contribution is 2.00. The molecule has 0 aromatic rings. The molecule has 0 aliphatic rings. The third-order valence-corrected chi connectivity index (χ3v) is 0.866. The first kappa shape index (κ1) is 16.5. The fourth-order valence-corrected chi connectivity index (χ4v) is 0.577. The summed E-state index contributed by atoms with van der Waals surface area (Å²) in [5.41, 5.74) is 0. The van der Waals surface area contributed by atoms with Gasteiger partial charge in [0.1, 0.15) is 0 Å². The van der Waals surface area contributed by atoms with E-state index in [2.05, 4.69) is 34.6 Å². The minimum atomic E-state index is 0. The smallest absolute Gasteiger partial charge is 0.0471 e. The molecule has 10 heavy (non-hydrogen) atoms. The summed E-state index contributed by atoms with van der Waals surface area (Å²) in [6.45, 7) is 11.0. The standard InChI is InChI=1S/C6H14.C3H8.CH4/c1-4-5-6(2)3;1-3-2;/h6H,4-5H2,1-3H3;3H2,1-2H3;1H4. The van der Waals surface area contributed by atoms with Gasteiger partial charge in [0.15, 0.2) is 0 Å². The molecule has 0 heteroatoms. The first-order valence-electron chi connectivity index (χ1n) is 4.18. The molecule has 0 amide bonds. The summed E-state index contributed by atoms with van der Waals surface area (Å²) in [4.78, 5) is 0. The fraction of sp³-hybridized carbons (Fsp3) is 1.00. The van der Waals surface area contributed by atoms with Gasteiger partial charge in [0.05, 0.1) is 0 Å². The Bertz CT molecular complexity index is 29.0. The Morgan fingerprint density at radius 3 is 1.30 bits per heavy atom. The topological polar surface area (TPSA) is 0 Å². The second kappa shape index (κ2) is 16.0. The van der Waals surface area contributed by atoms with Crippen LogP contribution in [0.15, 0.2) is 0 Å². The lowest BCUT2D eigenvalue weighted by Gasteiger charge is -1.95. The molecule has 0 aliphatic carbocycles. The molecular formula is C10H26. The lowest BCUT2D eigenvalue weighted by molar-refractivity contribution is 0.576. The third-order valence-electron chi connectivity index (χ3n) is 0.866. The summed E-state index contributed by atoms with van der Waals surface area (Å²) in [5.74, 6) is 0.898. The van der Waals surface area contributed by atoms with Gasteiger partial charge in [-0.15, -0.1) is 0 Å². The maximum absolute atomic E-state index is 2.25. The van der Waals surface area contributed by atoms with Crippen molar-refractivity contribution in [3.05, 3.63) is 0 Å². The van der Waals surface area contributed by atoms with Crippen LogP contribution < -0.4 is 0 Å². The molecule has 0 N–H and O–H groups in total. The van der Waals surface area contributed by atoms with Crippen LogP contribution in [0.5, 0.6) is 0 Å². The Hall–Kier alpha value is 0. The maximum atomic E-state index is 2.25. The van der Waals surface area contributed by atoms with E-state index in [-0.39, 0.29) is 7.43 Å². The zero-order valence-corrected chi connectivity index (χ0v) is 7.70. The van der Waals surface area contributed by atoms with Crippen molar-refractivity contribution in [3.63, 3.8) is 0 Å². The van der Waals surface area contributed by atoms with E-state index in [9.17, 15) is 0 Å². The van der Waals surface area contributed by atoms with Gasteiger partial charge in [-0.05, 0) is 5.92 Å². The Kier molecular flexibility index (Phi) is 26.4. The van der Waals surface area contributed by atoms with E-state index in [1.165, 1.54) is 19.3 Å². The molecule has 0 atom stereocenters. The SMILES string of the molecule is C.CCC.CCCC(C)C. The van der Waals surface area contributed by atoms with Crippen molar-refractivity contribution in [1.29, 1.82) is 0 Å². The molecule has 0 bridgehead atoms. The van der Waals surface area contributed by atoms with Crippen LogP contribution >= 0.6 is 0 Å². The minimum absolute atomic E-state index is 0. The average Bonchev–Trinajstić information content (AvgIpc) is 1.67. The summed E-state index contributed by atoms with van der Waals surface area (Å²) in [6.07, 6.45) is 3.96. The summed E-state index contributed by atoms with van der Waals surface area (Å²) >= 11 is 0. The summed E-state index contributed by atoms with van der Waals surface area (Å²) in [5, 5.41) is 0. The average molecular weight is 146 g/mol. The van der Waals surface area contributed by atoms with Gasteiger partial charge in [0.2, 0.25) is 0 Å². The van der Waals surface area contributed by atoms with Gasteiger partial charge >= 0.3 is 0 Å². The van der Waals surface area contributed by atoms with Gasteiger partial charge in [0.25, 0.3) is 0 Å². The van der Waals surface area contributed by atoms with Crippen molar-refractivity contribution in [1.82, 2.24) is 0 Å². The Morgan fingerprint density at radius 2 is 1.30 bits per heavy atom. The Morgan fingerprint density at radius 1 is 1.00 bits per heavy atom. The summed E-state index contributed by atoms with van der Waals surface area (Å²) in [7, 11) is 0. The van der Waals surface area contributed by atoms with Crippen LogP contribution in [-0.4, -0.2) is 0 Å². The molecule has 0 nitrogen and oxygen atoms in total. The largest absolute Gasteiger partial charge is 0.0776 e. The molecule has 0 spiro atoms. The molecular weight excluding hydrogens is 120 g/mol. The molecule has 0 aliphatic heterocycles. The van der Waals surface area contributed by atoms with E-state index >= 15 is 0 Å². The van der Waals surface area contributed by atoms with Crippen LogP contribution in [-0.2, 0) is 0 Å². The highest BCUT2D eigenvalue weighted by atomic mass is 13.9. The van der Waals surface area contributed by atoms with Crippen LogP contribution in [0.4, 0.5) is 0 Å². The molecule has 0 saturated carbocycles. The normalized spacial score (nSPS) is 7.80. The maximum Gasteiger partial charge on any atom is -0.0471 e. The first-order valence-corrected chi connectivity index (χ1v) is 4.18. The molecule has 0 aromatic carbocycles. The van der Waals surface area contributed by atoms with Crippen LogP contribution in [0.1, 0.15) is 61.3 Å². The van der Waals surface area contributed by atoms with Gasteiger partial charge in [-0.1, -0.05) is 61.3 Å². The highest BCUT2D eigenvalue weighted by Gasteiger charge is 1.85. The van der Waals surface area contributed by atoms with Crippen LogP contribution in [0.3, 0.4) is 0 Å². The van der Waals surface area contributed by atoms with E-state index in [0.29, 0.717) is 0 Å². The fourth-order valence-electron chi connectivity index (χ4n) is 0.577. The van der Waals surface area contributed by atoms with Crippen molar-refractivity contribution in [3.8, 4) is 0 Å². The molecule has 0 heterocycles. The first-order chi connectivity index (χ1) is 4.18. The lowest BCUT2D eigenvalue weighted by atomic mass is 10.1. The second-order valence-electron chi connectivity index (χ2n) is 2.89. The molecule has 0 fully saturated rings. The highest BCUT2D eigenvalue weighted by molar-refractivity contribution is 4.38. The number of hydrogen-bond donors (Lipinski definition) is 0. The van der Waals surface area contributed by atoms with Gasteiger partial charge in [0, 0.05) is 0 Å². The van der Waals surface area contributed by atoms with Gasteiger partial charge < -0.3 is 0 Å². The van der Waals surface area contributed by atoms with E-state index in [4.69, 9.17) is 0 Å². The molecule has 66 valence electrons. The molecule has 0 rings (SSSR count).